The summed E-state index contributed by atoms with van der Waals surface area (Å²) in [4.78, 5) is 24.4. The van der Waals surface area contributed by atoms with Crippen LogP contribution in [-0.4, -0.2) is 29.5 Å². The Kier molecular flexibility index (Phi) is 3.61. The molecule has 23 heavy (non-hydrogen) atoms. The SMILES string of the molecule is CC(=O)Nc1nnc(S(=O)(=O)Nc2ccc3[nH]c(=O)oc3c2)s1. The van der Waals surface area contributed by atoms with Crippen LogP contribution in [0, 0.1) is 0 Å². The molecule has 0 unspecified atom stereocenters. The maximum absolute atomic E-state index is 12.2. The van der Waals surface area contributed by atoms with Gasteiger partial charge in [0.15, 0.2) is 5.58 Å². The molecule has 2 heterocycles. The fraction of sp³-hybridized carbons (Fsp3) is 0.0909. The average molecular weight is 355 g/mol. The first-order valence-corrected chi connectivity index (χ1v) is 8.40. The van der Waals surface area contributed by atoms with E-state index in [1.54, 1.807) is 0 Å². The quantitative estimate of drug-likeness (QED) is 0.584. The lowest BCUT2D eigenvalue weighted by atomic mass is 10.3. The topological polar surface area (TPSA) is 147 Å². The first-order valence-electron chi connectivity index (χ1n) is 6.10. The second-order valence-electron chi connectivity index (χ2n) is 4.39. The van der Waals surface area contributed by atoms with E-state index in [1.165, 1.54) is 25.1 Å². The Bertz CT molecular complexity index is 1050. The summed E-state index contributed by atoms with van der Waals surface area (Å²) < 4.78 is 31.3. The van der Waals surface area contributed by atoms with Crippen molar-refractivity contribution >= 4 is 49.2 Å². The molecule has 0 aliphatic heterocycles. The predicted molar refractivity (Wildman–Crippen MR) is 81.9 cm³/mol. The maximum atomic E-state index is 12.2. The zero-order valence-corrected chi connectivity index (χ0v) is 13.1. The third-order valence-corrected chi connectivity index (χ3v) is 5.18. The van der Waals surface area contributed by atoms with Crippen molar-refractivity contribution in [2.45, 2.75) is 11.3 Å². The lowest BCUT2D eigenvalue weighted by Crippen LogP contribution is -2.12. The highest BCUT2D eigenvalue weighted by atomic mass is 32.2. The van der Waals surface area contributed by atoms with Gasteiger partial charge in [-0.2, -0.15) is 8.42 Å². The number of aromatic amines is 1. The highest BCUT2D eigenvalue weighted by molar-refractivity contribution is 7.94. The zero-order chi connectivity index (χ0) is 16.6. The van der Waals surface area contributed by atoms with Gasteiger partial charge in [0, 0.05) is 13.0 Å². The van der Waals surface area contributed by atoms with Crippen molar-refractivity contribution in [3.05, 3.63) is 28.7 Å². The number of aromatic nitrogens is 3. The van der Waals surface area contributed by atoms with E-state index in [4.69, 9.17) is 4.42 Å². The summed E-state index contributed by atoms with van der Waals surface area (Å²) in [6, 6.07) is 4.32. The van der Waals surface area contributed by atoms with E-state index in [9.17, 15) is 18.0 Å². The van der Waals surface area contributed by atoms with Crippen LogP contribution in [0.1, 0.15) is 6.92 Å². The summed E-state index contributed by atoms with van der Waals surface area (Å²) in [6.45, 7) is 1.27. The number of anilines is 2. The van der Waals surface area contributed by atoms with E-state index in [0.717, 1.165) is 0 Å². The lowest BCUT2D eigenvalue weighted by Gasteiger charge is -2.04. The van der Waals surface area contributed by atoms with Crippen LogP contribution in [0.25, 0.3) is 11.1 Å². The Morgan fingerprint density at radius 1 is 1.35 bits per heavy atom. The van der Waals surface area contributed by atoms with E-state index in [2.05, 4.69) is 25.2 Å². The summed E-state index contributed by atoms with van der Waals surface area (Å²) in [5.41, 5.74) is 0.852. The Labute approximate surface area is 132 Å². The molecule has 12 heteroatoms. The predicted octanol–water partition coefficient (Wildman–Crippen LogP) is 0.732. The standard InChI is InChI=1S/C11H9N5O5S2/c1-5(17)12-9-14-15-11(22-9)23(19,20)16-6-2-3-7-8(4-6)21-10(18)13-7/h2-4,16H,1H3,(H,13,18)(H,12,14,17). The lowest BCUT2D eigenvalue weighted by molar-refractivity contribution is -0.114. The number of hydrogen-bond donors (Lipinski definition) is 3. The van der Waals surface area contributed by atoms with Gasteiger partial charge in [0.25, 0.3) is 14.4 Å². The molecular weight excluding hydrogens is 346 g/mol. The summed E-state index contributed by atoms with van der Waals surface area (Å²) in [7, 11) is -3.98. The van der Waals surface area contributed by atoms with Crippen LogP contribution in [0.3, 0.4) is 0 Å². The molecule has 0 bridgehead atoms. The largest absolute Gasteiger partial charge is 0.417 e. The molecular formula is C11H9N5O5S2. The number of nitrogens with zero attached hydrogens (tertiary/aromatic N) is 2. The van der Waals surface area contributed by atoms with Crippen molar-refractivity contribution in [3.8, 4) is 0 Å². The Morgan fingerprint density at radius 3 is 2.87 bits per heavy atom. The van der Waals surface area contributed by atoms with Crippen molar-refractivity contribution < 1.29 is 17.6 Å². The Hall–Kier alpha value is -2.73. The molecule has 0 aliphatic carbocycles. The number of sulfonamides is 1. The molecule has 2 aromatic heterocycles. The number of carbonyl (C=O) groups is 1. The number of amides is 1. The number of carbonyl (C=O) groups excluding carboxylic acids is 1. The molecule has 0 radical (unpaired) electrons. The van der Waals surface area contributed by atoms with Crippen LogP contribution >= 0.6 is 11.3 Å². The van der Waals surface area contributed by atoms with Gasteiger partial charge < -0.3 is 9.73 Å². The van der Waals surface area contributed by atoms with Crippen molar-refractivity contribution in [2.24, 2.45) is 0 Å². The molecule has 0 atom stereocenters. The molecule has 1 amide bonds. The summed E-state index contributed by atoms with van der Waals surface area (Å²) in [5.74, 6) is -1.02. The van der Waals surface area contributed by atoms with Gasteiger partial charge in [0.05, 0.1) is 11.2 Å². The number of oxazole rings is 1. The van der Waals surface area contributed by atoms with E-state index in [0.29, 0.717) is 16.9 Å². The van der Waals surface area contributed by atoms with Gasteiger partial charge in [0.1, 0.15) is 0 Å². The minimum atomic E-state index is -3.98. The van der Waals surface area contributed by atoms with Gasteiger partial charge in [-0.3, -0.25) is 14.5 Å². The van der Waals surface area contributed by atoms with Crippen LogP contribution in [0.4, 0.5) is 10.8 Å². The van der Waals surface area contributed by atoms with E-state index < -0.39 is 15.8 Å². The average Bonchev–Trinajstić information content (AvgIpc) is 3.03. The van der Waals surface area contributed by atoms with Gasteiger partial charge in [-0.1, -0.05) is 11.3 Å². The number of rotatable bonds is 4. The number of H-pyrrole nitrogens is 1. The maximum Gasteiger partial charge on any atom is 0.417 e. The fourth-order valence-electron chi connectivity index (χ4n) is 1.73. The highest BCUT2D eigenvalue weighted by Gasteiger charge is 2.21. The van der Waals surface area contributed by atoms with E-state index in [1.807, 2.05) is 0 Å². The van der Waals surface area contributed by atoms with Crippen LogP contribution in [0.15, 0.2) is 31.8 Å². The van der Waals surface area contributed by atoms with Crippen LogP contribution < -0.4 is 15.8 Å². The number of fused-ring (bicyclic) bond motifs is 1. The molecule has 3 rings (SSSR count). The van der Waals surface area contributed by atoms with Crippen molar-refractivity contribution in [1.29, 1.82) is 0 Å². The molecule has 3 aromatic rings. The molecule has 120 valence electrons. The molecule has 0 fully saturated rings. The highest BCUT2D eigenvalue weighted by Crippen LogP contribution is 2.24. The zero-order valence-electron chi connectivity index (χ0n) is 11.5. The minimum absolute atomic E-state index is 0.0740. The number of nitrogens with one attached hydrogen (secondary N) is 3. The number of benzene rings is 1. The Morgan fingerprint density at radius 2 is 2.13 bits per heavy atom. The van der Waals surface area contributed by atoms with Gasteiger partial charge in [0.2, 0.25) is 11.0 Å². The minimum Gasteiger partial charge on any atom is -0.408 e. The number of hydrogen-bond acceptors (Lipinski definition) is 8. The fourth-order valence-corrected chi connectivity index (χ4v) is 3.72. The first-order chi connectivity index (χ1) is 10.8. The van der Waals surface area contributed by atoms with Crippen LogP contribution in [0.5, 0.6) is 0 Å². The second kappa shape index (κ2) is 5.48. The molecule has 10 nitrogen and oxygen atoms in total. The summed E-state index contributed by atoms with van der Waals surface area (Å²) in [6.07, 6.45) is 0. The third kappa shape index (κ3) is 3.22. The van der Waals surface area contributed by atoms with Crippen LogP contribution in [0.2, 0.25) is 0 Å². The second-order valence-corrected chi connectivity index (χ2v) is 7.22. The first kappa shape index (κ1) is 15.2. The van der Waals surface area contributed by atoms with E-state index >= 15 is 0 Å². The molecule has 0 saturated heterocycles. The normalized spacial score (nSPS) is 11.5. The van der Waals surface area contributed by atoms with Crippen molar-refractivity contribution in [1.82, 2.24) is 15.2 Å². The van der Waals surface area contributed by atoms with Crippen molar-refractivity contribution in [2.75, 3.05) is 10.0 Å². The Balaban J connectivity index is 1.88. The van der Waals surface area contributed by atoms with Crippen LogP contribution in [-0.2, 0) is 14.8 Å². The van der Waals surface area contributed by atoms with Gasteiger partial charge in [-0.25, -0.2) is 4.79 Å². The molecule has 0 spiro atoms. The molecule has 1 aromatic carbocycles. The molecule has 0 aliphatic rings. The summed E-state index contributed by atoms with van der Waals surface area (Å²) in [5, 5.41) is 9.52. The summed E-state index contributed by atoms with van der Waals surface area (Å²) >= 11 is 0.711. The third-order valence-electron chi connectivity index (χ3n) is 2.59. The molecule has 0 saturated carbocycles. The smallest absolute Gasteiger partial charge is 0.408 e. The van der Waals surface area contributed by atoms with Gasteiger partial charge in [-0.05, 0) is 12.1 Å². The monoisotopic (exact) mass is 355 g/mol. The van der Waals surface area contributed by atoms with E-state index in [-0.39, 0.29) is 26.6 Å². The van der Waals surface area contributed by atoms with Gasteiger partial charge in [-0.15, -0.1) is 10.2 Å². The van der Waals surface area contributed by atoms with Crippen molar-refractivity contribution in [3.63, 3.8) is 0 Å². The molecule has 3 N–H and O–H groups in total. The van der Waals surface area contributed by atoms with Gasteiger partial charge >= 0.3 is 5.76 Å².